The maximum absolute atomic E-state index is 15.5. The van der Waals surface area contributed by atoms with Crippen molar-refractivity contribution in [2.75, 3.05) is 38.2 Å². The molecule has 0 saturated carbocycles. The van der Waals surface area contributed by atoms with Crippen molar-refractivity contribution in [2.45, 2.75) is 64.3 Å². The van der Waals surface area contributed by atoms with Gasteiger partial charge < -0.3 is 24.4 Å². The zero-order chi connectivity index (χ0) is 27.2. The van der Waals surface area contributed by atoms with Crippen molar-refractivity contribution in [3.8, 4) is 11.8 Å². The number of amides is 1. The molecule has 0 spiro atoms. The number of nitrogens with zero attached hydrogens (tertiary/aromatic N) is 6. The van der Waals surface area contributed by atoms with E-state index in [2.05, 4.69) is 15.1 Å². The number of carbonyl (C=O) groups excluding carboxylic acids is 1. The Morgan fingerprint density at radius 2 is 1.87 bits per heavy atom. The summed E-state index contributed by atoms with van der Waals surface area (Å²) in [5.41, 5.74) is 2.03. The summed E-state index contributed by atoms with van der Waals surface area (Å²) in [6.07, 6.45) is 0.818. The van der Waals surface area contributed by atoms with Crippen LogP contribution in [0, 0.1) is 6.92 Å². The van der Waals surface area contributed by atoms with Gasteiger partial charge in [0.1, 0.15) is 17.6 Å². The zero-order valence-corrected chi connectivity index (χ0v) is 22.5. The fourth-order valence-electron chi connectivity index (χ4n) is 5.25. The summed E-state index contributed by atoms with van der Waals surface area (Å²) in [5, 5.41) is 15.5. The molecule has 1 N–H and O–H groups in total. The van der Waals surface area contributed by atoms with Crippen LogP contribution in [0.5, 0.6) is 6.01 Å². The van der Waals surface area contributed by atoms with Crippen LogP contribution in [0.1, 0.15) is 50.7 Å². The van der Waals surface area contributed by atoms with Crippen molar-refractivity contribution in [3.05, 3.63) is 35.5 Å². The Hall–Kier alpha value is -3.47. The average Bonchev–Trinajstić information content (AvgIpc) is 3.48. The molecule has 1 amide bonds. The van der Waals surface area contributed by atoms with Crippen LogP contribution in [0.2, 0.25) is 0 Å². The van der Waals surface area contributed by atoms with Gasteiger partial charge in [-0.05, 0) is 63.8 Å². The molecule has 10 nitrogen and oxygen atoms in total. The van der Waals surface area contributed by atoms with Crippen molar-refractivity contribution in [1.82, 2.24) is 24.6 Å². The number of methoxy groups -OCH3 is 1. The normalized spacial score (nSPS) is 22.2. The van der Waals surface area contributed by atoms with E-state index < -0.39 is 24.0 Å². The molecule has 2 saturated heterocycles. The van der Waals surface area contributed by atoms with Gasteiger partial charge in [-0.25, -0.2) is 13.9 Å². The Bertz CT molecular complexity index is 1340. The lowest BCUT2D eigenvalue weighted by Gasteiger charge is -2.36. The summed E-state index contributed by atoms with van der Waals surface area (Å²) < 4.78 is 28.0. The second-order valence-corrected chi connectivity index (χ2v) is 11.1. The van der Waals surface area contributed by atoms with Gasteiger partial charge in [-0.2, -0.15) is 15.1 Å². The molecule has 2 aliphatic rings. The maximum Gasteiger partial charge on any atom is 0.410 e. The lowest BCUT2D eigenvalue weighted by molar-refractivity contribution is 0.0111. The van der Waals surface area contributed by atoms with Gasteiger partial charge in [0.2, 0.25) is 0 Å². The number of alkyl halides is 1. The summed E-state index contributed by atoms with van der Waals surface area (Å²) in [6, 6.07) is 6.01. The van der Waals surface area contributed by atoms with Gasteiger partial charge in [0.05, 0.1) is 31.5 Å². The SMILES string of the molecule is COc1nc(N2CCC(O)C2)cc(-n2ncc3cc(C)c(C4CCN(C(=O)OC(C)(C)C)CC4F)cc32)n1. The van der Waals surface area contributed by atoms with Crippen LogP contribution in [0.3, 0.4) is 0 Å². The summed E-state index contributed by atoms with van der Waals surface area (Å²) in [7, 11) is 1.51. The Balaban J connectivity index is 1.45. The molecule has 2 aliphatic heterocycles. The number of hydrogen-bond acceptors (Lipinski definition) is 8. The summed E-state index contributed by atoms with van der Waals surface area (Å²) in [4.78, 5) is 24.9. The van der Waals surface area contributed by atoms with Crippen molar-refractivity contribution in [1.29, 1.82) is 0 Å². The molecule has 11 heteroatoms. The number of aryl methyl sites for hydroxylation is 1. The van der Waals surface area contributed by atoms with E-state index >= 15 is 4.39 Å². The lowest BCUT2D eigenvalue weighted by Crippen LogP contribution is -2.46. The smallest absolute Gasteiger partial charge is 0.410 e. The molecule has 2 aromatic heterocycles. The van der Waals surface area contributed by atoms with Gasteiger partial charge in [-0.1, -0.05) is 0 Å². The number of β-amino-alcohol motifs (C(OH)–C–C–N with tert-alkyl or cyclic N) is 1. The third-order valence-corrected chi connectivity index (χ3v) is 7.11. The highest BCUT2D eigenvalue weighted by Gasteiger charge is 2.35. The monoisotopic (exact) mass is 526 g/mol. The van der Waals surface area contributed by atoms with Crippen LogP contribution in [-0.2, 0) is 4.74 Å². The molecule has 3 unspecified atom stereocenters. The molecular formula is C27H35FN6O4. The summed E-state index contributed by atoms with van der Waals surface area (Å²) in [6.45, 7) is 8.97. The predicted molar refractivity (Wildman–Crippen MR) is 141 cm³/mol. The summed E-state index contributed by atoms with van der Waals surface area (Å²) in [5.74, 6) is 0.815. The lowest BCUT2D eigenvalue weighted by atomic mass is 9.85. The topological polar surface area (TPSA) is 106 Å². The molecule has 2 fully saturated rings. The number of benzene rings is 1. The van der Waals surface area contributed by atoms with Gasteiger partial charge >= 0.3 is 12.1 Å². The third kappa shape index (κ3) is 5.24. The maximum atomic E-state index is 15.5. The fraction of sp³-hybridized carbons (Fsp3) is 0.556. The number of aliphatic hydroxyl groups excluding tert-OH is 1. The van der Waals surface area contributed by atoms with Crippen LogP contribution in [0.4, 0.5) is 15.0 Å². The average molecular weight is 527 g/mol. The first-order valence-electron chi connectivity index (χ1n) is 13.0. The third-order valence-electron chi connectivity index (χ3n) is 7.11. The molecule has 4 heterocycles. The molecule has 5 rings (SSSR count). The Morgan fingerprint density at radius 3 is 2.53 bits per heavy atom. The van der Waals surface area contributed by atoms with E-state index in [-0.39, 0.29) is 18.5 Å². The van der Waals surface area contributed by atoms with E-state index in [4.69, 9.17) is 9.47 Å². The number of rotatable bonds is 4. The standard InChI is InChI=1S/C27H35FN6O4/c1-16-10-17-13-29-34(24-12-23(30-25(31-24)37-5)32-8-6-18(35)14-32)22(17)11-20(16)19-7-9-33(15-21(19)28)26(36)38-27(2,3)4/h10-13,18-19,21,35H,6-9,14-15H2,1-5H3. The predicted octanol–water partition coefficient (Wildman–Crippen LogP) is 3.77. The largest absolute Gasteiger partial charge is 0.467 e. The van der Waals surface area contributed by atoms with E-state index in [9.17, 15) is 9.90 Å². The number of hydrogen-bond donors (Lipinski definition) is 1. The Morgan fingerprint density at radius 1 is 1.11 bits per heavy atom. The first-order chi connectivity index (χ1) is 18.0. The van der Waals surface area contributed by atoms with Gasteiger partial charge in [-0.15, -0.1) is 0 Å². The van der Waals surface area contributed by atoms with Crippen molar-refractivity contribution in [3.63, 3.8) is 0 Å². The molecule has 38 heavy (non-hydrogen) atoms. The first kappa shape index (κ1) is 26.1. The molecule has 1 aromatic carbocycles. The van der Waals surface area contributed by atoms with Crippen LogP contribution >= 0.6 is 0 Å². The molecule has 0 aliphatic carbocycles. The van der Waals surface area contributed by atoms with Gasteiger partial charge in [0, 0.05) is 37.0 Å². The summed E-state index contributed by atoms with van der Waals surface area (Å²) >= 11 is 0. The number of fused-ring (bicyclic) bond motifs is 1. The van der Waals surface area contributed by atoms with Crippen molar-refractivity contribution < 1.29 is 23.8 Å². The van der Waals surface area contributed by atoms with E-state index in [1.54, 1.807) is 31.6 Å². The molecule has 0 bridgehead atoms. The van der Waals surface area contributed by atoms with Gasteiger partial charge in [-0.3, -0.25) is 0 Å². The minimum atomic E-state index is -1.23. The van der Waals surface area contributed by atoms with Crippen LogP contribution in [0.25, 0.3) is 16.7 Å². The molecule has 204 valence electrons. The number of aromatic nitrogens is 4. The second kappa shape index (κ2) is 10.0. The van der Waals surface area contributed by atoms with E-state index in [1.165, 1.54) is 12.0 Å². The number of carbonyl (C=O) groups is 1. The molecular weight excluding hydrogens is 491 g/mol. The highest BCUT2D eigenvalue weighted by atomic mass is 19.1. The number of halogens is 1. The number of piperidine rings is 1. The highest BCUT2D eigenvalue weighted by Crippen LogP contribution is 2.36. The fourth-order valence-corrected chi connectivity index (χ4v) is 5.25. The zero-order valence-electron chi connectivity index (χ0n) is 22.5. The van der Waals surface area contributed by atoms with Crippen LogP contribution in [-0.4, -0.2) is 87.0 Å². The van der Waals surface area contributed by atoms with Crippen LogP contribution in [0.15, 0.2) is 24.4 Å². The highest BCUT2D eigenvalue weighted by molar-refractivity contribution is 5.82. The van der Waals surface area contributed by atoms with E-state index in [0.29, 0.717) is 44.1 Å². The van der Waals surface area contributed by atoms with Gasteiger partial charge in [0.25, 0.3) is 0 Å². The Kier molecular flexibility index (Phi) is 6.89. The first-order valence-corrected chi connectivity index (χ1v) is 13.0. The molecule has 0 radical (unpaired) electrons. The van der Waals surface area contributed by atoms with E-state index in [0.717, 1.165) is 22.0 Å². The quantitative estimate of drug-likeness (QED) is 0.548. The minimum absolute atomic E-state index is 0.00945. The van der Waals surface area contributed by atoms with Gasteiger partial charge in [0.15, 0.2) is 5.82 Å². The Labute approximate surface area is 221 Å². The van der Waals surface area contributed by atoms with Crippen molar-refractivity contribution in [2.24, 2.45) is 0 Å². The van der Waals surface area contributed by atoms with Crippen LogP contribution < -0.4 is 9.64 Å². The number of likely N-dealkylation sites (tertiary alicyclic amines) is 1. The van der Waals surface area contributed by atoms with E-state index in [1.807, 2.05) is 30.0 Å². The molecule has 3 atom stereocenters. The second-order valence-electron chi connectivity index (χ2n) is 11.1. The number of ether oxygens (including phenoxy) is 2. The number of anilines is 1. The molecule has 3 aromatic rings. The minimum Gasteiger partial charge on any atom is -0.467 e. The number of aliphatic hydroxyl groups is 1. The van der Waals surface area contributed by atoms with Crippen molar-refractivity contribution >= 4 is 22.8 Å².